The monoisotopic (exact) mass is 514 g/mol. The number of carboxylic acid groups (broad SMARTS) is 1. The molecule has 1 aliphatic carbocycles. The molecule has 2 heterocycles. The van der Waals surface area contributed by atoms with Gasteiger partial charge < -0.3 is 5.11 Å². The number of halogens is 2. The lowest BCUT2D eigenvalue weighted by atomic mass is 10.1. The molecule has 9 nitrogen and oxygen atoms in total. The molecule has 4 rings (SSSR count). The van der Waals surface area contributed by atoms with Crippen LogP contribution in [0.3, 0.4) is 0 Å². The molecule has 1 aromatic heterocycles. The van der Waals surface area contributed by atoms with Crippen LogP contribution in [0.15, 0.2) is 28.6 Å². The smallest absolute Gasteiger partial charge is 0.330 e. The normalized spacial score (nSPS) is 19.4. The third-order valence-corrected chi connectivity index (χ3v) is 9.59. The first-order chi connectivity index (χ1) is 16.1. The van der Waals surface area contributed by atoms with Crippen molar-refractivity contribution in [1.82, 2.24) is 9.29 Å². The number of aromatic nitrogens is 1. The molecule has 184 valence electrons. The Hall–Kier alpha value is -2.64. The SMILES string of the molecule is CN(C(=O)N(c1ccc(F)c(F)c1)C1CCCC1)c1ncc(S(=O)(=O)N2CCC[C@H]2C(=O)O)s1. The lowest BCUT2D eigenvalue weighted by molar-refractivity contribution is -0.140. The Bertz CT molecular complexity index is 1200. The predicted molar refractivity (Wildman–Crippen MR) is 122 cm³/mol. The summed E-state index contributed by atoms with van der Waals surface area (Å²) in [4.78, 5) is 31.5. The molecule has 13 heteroatoms. The fourth-order valence-electron chi connectivity index (χ4n) is 4.43. The van der Waals surface area contributed by atoms with E-state index in [9.17, 15) is 31.9 Å². The van der Waals surface area contributed by atoms with E-state index in [1.54, 1.807) is 0 Å². The molecule has 1 aliphatic heterocycles. The van der Waals surface area contributed by atoms with Gasteiger partial charge in [0.15, 0.2) is 21.0 Å². The summed E-state index contributed by atoms with van der Waals surface area (Å²) >= 11 is 0.748. The van der Waals surface area contributed by atoms with Gasteiger partial charge in [-0.2, -0.15) is 4.31 Å². The Balaban J connectivity index is 1.61. The number of aliphatic carboxylic acids is 1. The summed E-state index contributed by atoms with van der Waals surface area (Å²) < 4.78 is 54.3. The molecule has 1 N–H and O–H groups in total. The third kappa shape index (κ3) is 4.51. The molecule has 1 saturated heterocycles. The van der Waals surface area contributed by atoms with Gasteiger partial charge in [-0.1, -0.05) is 24.2 Å². The first-order valence-electron chi connectivity index (χ1n) is 10.8. The number of hydrogen-bond donors (Lipinski definition) is 1. The van der Waals surface area contributed by atoms with Crippen molar-refractivity contribution in [2.75, 3.05) is 23.4 Å². The van der Waals surface area contributed by atoms with Gasteiger partial charge in [-0.25, -0.2) is 27.0 Å². The lowest BCUT2D eigenvalue weighted by Gasteiger charge is -2.32. The number of rotatable bonds is 6. The molecule has 0 unspecified atom stereocenters. The number of anilines is 2. The molecule has 1 aromatic carbocycles. The maximum atomic E-state index is 13.9. The van der Waals surface area contributed by atoms with Crippen LogP contribution >= 0.6 is 11.3 Å². The molecule has 0 radical (unpaired) electrons. The van der Waals surface area contributed by atoms with Crippen LogP contribution in [0.5, 0.6) is 0 Å². The molecule has 0 bridgehead atoms. The van der Waals surface area contributed by atoms with Gasteiger partial charge in [0.2, 0.25) is 0 Å². The van der Waals surface area contributed by atoms with E-state index < -0.39 is 39.7 Å². The second-order valence-corrected chi connectivity index (χ2v) is 11.4. The molecule has 1 atom stereocenters. The fraction of sp³-hybridized carbons (Fsp3) is 0.476. The van der Waals surface area contributed by atoms with E-state index in [1.807, 2.05) is 0 Å². The summed E-state index contributed by atoms with van der Waals surface area (Å²) in [5.41, 5.74) is 0.202. The van der Waals surface area contributed by atoms with Crippen molar-refractivity contribution in [3.63, 3.8) is 0 Å². The maximum absolute atomic E-state index is 13.9. The van der Waals surface area contributed by atoms with Gasteiger partial charge in [0, 0.05) is 31.4 Å². The van der Waals surface area contributed by atoms with Gasteiger partial charge in [-0.05, 0) is 37.8 Å². The van der Waals surface area contributed by atoms with Crippen LogP contribution in [0.2, 0.25) is 0 Å². The number of benzene rings is 1. The van der Waals surface area contributed by atoms with Crippen LogP contribution < -0.4 is 9.80 Å². The van der Waals surface area contributed by atoms with Crippen LogP contribution in [0.1, 0.15) is 38.5 Å². The number of urea groups is 1. The van der Waals surface area contributed by atoms with Crippen molar-refractivity contribution < 1.29 is 31.9 Å². The Morgan fingerprint density at radius 3 is 2.50 bits per heavy atom. The summed E-state index contributed by atoms with van der Waals surface area (Å²) in [6.07, 6.45) is 4.94. The number of carbonyl (C=O) groups excluding carboxylic acids is 1. The molecule has 1 saturated carbocycles. The Labute approximate surface area is 199 Å². The standard InChI is InChI=1S/C21H24F2N4O5S2/c1-25(20-24-12-18(33-20)34(31,32)26-10-4-7-17(26)19(28)29)21(30)27(13-5-2-3-6-13)14-8-9-15(22)16(23)11-14/h8-9,11-13,17H,2-7,10H2,1H3,(H,28,29)/t17-/m0/s1. The van der Waals surface area contributed by atoms with Gasteiger partial charge in [0.05, 0.1) is 6.20 Å². The van der Waals surface area contributed by atoms with Gasteiger partial charge >= 0.3 is 12.0 Å². The summed E-state index contributed by atoms with van der Waals surface area (Å²) in [5.74, 6) is -3.30. The fourth-order valence-corrected chi connectivity index (χ4v) is 7.29. The molecule has 2 aliphatic rings. The topological polar surface area (TPSA) is 111 Å². The Morgan fingerprint density at radius 2 is 1.85 bits per heavy atom. The number of amides is 2. The highest BCUT2D eigenvalue weighted by Gasteiger charge is 2.41. The van der Waals surface area contributed by atoms with Gasteiger partial charge in [0.25, 0.3) is 10.0 Å². The van der Waals surface area contributed by atoms with Crippen molar-refractivity contribution in [2.45, 2.75) is 54.8 Å². The molecular weight excluding hydrogens is 490 g/mol. The Kier molecular flexibility index (Phi) is 6.87. The van der Waals surface area contributed by atoms with E-state index >= 15 is 0 Å². The number of thiazole rings is 1. The quantitative estimate of drug-likeness (QED) is 0.630. The van der Waals surface area contributed by atoms with Crippen molar-refractivity contribution in [2.24, 2.45) is 0 Å². The predicted octanol–water partition coefficient (Wildman–Crippen LogP) is 3.66. The Morgan fingerprint density at radius 1 is 1.15 bits per heavy atom. The molecule has 2 fully saturated rings. The van der Waals surface area contributed by atoms with Crippen LogP contribution in [-0.2, 0) is 14.8 Å². The second-order valence-electron chi connectivity index (χ2n) is 8.32. The van der Waals surface area contributed by atoms with Crippen LogP contribution in [0, 0.1) is 11.6 Å². The zero-order valence-electron chi connectivity index (χ0n) is 18.4. The molecular formula is C21H24F2N4O5S2. The highest BCUT2D eigenvalue weighted by molar-refractivity contribution is 7.91. The molecule has 2 amide bonds. The number of nitrogens with zero attached hydrogens (tertiary/aromatic N) is 4. The van der Waals surface area contributed by atoms with Gasteiger partial charge in [0.1, 0.15) is 6.04 Å². The number of carboxylic acids is 1. The van der Waals surface area contributed by atoms with E-state index in [0.29, 0.717) is 19.3 Å². The van der Waals surface area contributed by atoms with E-state index in [4.69, 9.17) is 0 Å². The number of carbonyl (C=O) groups is 2. The van der Waals surface area contributed by atoms with E-state index in [1.165, 1.54) is 22.9 Å². The summed E-state index contributed by atoms with van der Waals surface area (Å²) in [6.45, 7) is 0.0902. The van der Waals surface area contributed by atoms with E-state index in [0.717, 1.165) is 46.8 Å². The van der Waals surface area contributed by atoms with Gasteiger partial charge in [-0.15, -0.1) is 0 Å². The zero-order chi connectivity index (χ0) is 24.6. The van der Waals surface area contributed by atoms with E-state index in [2.05, 4.69) is 4.98 Å². The van der Waals surface area contributed by atoms with Crippen LogP contribution in [0.25, 0.3) is 0 Å². The highest BCUT2D eigenvalue weighted by Crippen LogP contribution is 2.34. The van der Waals surface area contributed by atoms with Crippen molar-refractivity contribution >= 4 is 44.2 Å². The van der Waals surface area contributed by atoms with E-state index in [-0.39, 0.29) is 34.0 Å². The van der Waals surface area contributed by atoms with Gasteiger partial charge in [-0.3, -0.25) is 14.6 Å². The lowest BCUT2D eigenvalue weighted by Crippen LogP contribution is -2.46. The highest BCUT2D eigenvalue weighted by atomic mass is 32.2. The minimum atomic E-state index is -4.10. The zero-order valence-corrected chi connectivity index (χ0v) is 20.0. The first kappa shape index (κ1) is 24.5. The molecule has 2 aromatic rings. The van der Waals surface area contributed by atoms with Crippen LogP contribution in [0.4, 0.5) is 24.4 Å². The molecule has 0 spiro atoms. The number of hydrogen-bond acceptors (Lipinski definition) is 6. The summed E-state index contributed by atoms with van der Waals surface area (Å²) in [5, 5.41) is 9.43. The maximum Gasteiger partial charge on any atom is 0.330 e. The van der Waals surface area contributed by atoms with Crippen molar-refractivity contribution in [3.05, 3.63) is 36.0 Å². The van der Waals surface area contributed by atoms with Crippen LogP contribution in [-0.4, -0.2) is 60.5 Å². The van der Waals surface area contributed by atoms with Crippen molar-refractivity contribution in [1.29, 1.82) is 0 Å². The average Bonchev–Trinajstić information content (AvgIpc) is 3.56. The minimum absolute atomic E-state index is 0.0835. The first-order valence-corrected chi connectivity index (χ1v) is 13.1. The molecule has 34 heavy (non-hydrogen) atoms. The second kappa shape index (κ2) is 9.55. The number of sulfonamides is 1. The third-order valence-electron chi connectivity index (χ3n) is 6.18. The summed E-state index contributed by atoms with van der Waals surface area (Å²) in [6, 6.07) is 1.35. The largest absolute Gasteiger partial charge is 0.480 e. The summed E-state index contributed by atoms with van der Waals surface area (Å²) in [7, 11) is -2.68. The van der Waals surface area contributed by atoms with Crippen molar-refractivity contribution in [3.8, 4) is 0 Å². The minimum Gasteiger partial charge on any atom is -0.480 e. The average molecular weight is 515 g/mol.